The van der Waals surface area contributed by atoms with Crippen LogP contribution in [0.5, 0.6) is 0 Å². The molecule has 0 amide bonds. The Morgan fingerprint density at radius 3 is 2.16 bits per heavy atom. The molecule has 0 radical (unpaired) electrons. The SMILES string of the molecule is CCCN(CCC)S(=O)(=O)N1CC(C)C(C(=O)O)C1. The van der Waals surface area contributed by atoms with Gasteiger partial charge in [-0.25, -0.2) is 0 Å². The van der Waals surface area contributed by atoms with E-state index in [-0.39, 0.29) is 12.5 Å². The second-order valence-corrected chi connectivity index (χ2v) is 7.07. The molecule has 19 heavy (non-hydrogen) atoms. The van der Waals surface area contributed by atoms with E-state index in [0.29, 0.717) is 19.6 Å². The van der Waals surface area contributed by atoms with Gasteiger partial charge in [-0.1, -0.05) is 20.8 Å². The largest absolute Gasteiger partial charge is 0.481 e. The van der Waals surface area contributed by atoms with Gasteiger partial charge in [0.2, 0.25) is 0 Å². The van der Waals surface area contributed by atoms with E-state index >= 15 is 0 Å². The summed E-state index contributed by atoms with van der Waals surface area (Å²) in [4.78, 5) is 11.1. The van der Waals surface area contributed by atoms with Crippen molar-refractivity contribution >= 4 is 16.2 Å². The second-order valence-electron chi connectivity index (χ2n) is 5.15. The maximum atomic E-state index is 12.5. The molecule has 0 aromatic rings. The lowest BCUT2D eigenvalue weighted by molar-refractivity contribution is -0.142. The maximum Gasteiger partial charge on any atom is 0.308 e. The number of rotatable bonds is 7. The van der Waals surface area contributed by atoms with Gasteiger partial charge in [-0.2, -0.15) is 17.0 Å². The molecule has 112 valence electrons. The fourth-order valence-electron chi connectivity index (χ4n) is 2.44. The van der Waals surface area contributed by atoms with Gasteiger partial charge in [0.05, 0.1) is 5.92 Å². The topological polar surface area (TPSA) is 77.9 Å². The molecule has 6 nitrogen and oxygen atoms in total. The van der Waals surface area contributed by atoms with Crippen molar-refractivity contribution in [3.05, 3.63) is 0 Å². The lowest BCUT2D eigenvalue weighted by Gasteiger charge is -2.26. The molecule has 1 saturated heterocycles. The molecule has 0 aliphatic carbocycles. The summed E-state index contributed by atoms with van der Waals surface area (Å²) in [6, 6.07) is 0. The van der Waals surface area contributed by atoms with Gasteiger partial charge < -0.3 is 5.11 Å². The van der Waals surface area contributed by atoms with E-state index in [1.807, 2.05) is 13.8 Å². The molecule has 0 aromatic heterocycles. The molecule has 1 aliphatic rings. The van der Waals surface area contributed by atoms with Gasteiger partial charge in [0, 0.05) is 26.2 Å². The Morgan fingerprint density at radius 2 is 1.79 bits per heavy atom. The molecule has 1 heterocycles. The Kier molecular flexibility index (Phi) is 5.76. The monoisotopic (exact) mass is 292 g/mol. The van der Waals surface area contributed by atoms with Crippen LogP contribution in [-0.2, 0) is 15.0 Å². The van der Waals surface area contributed by atoms with Crippen LogP contribution in [0.2, 0.25) is 0 Å². The number of carboxylic acid groups (broad SMARTS) is 1. The van der Waals surface area contributed by atoms with E-state index in [4.69, 9.17) is 5.11 Å². The van der Waals surface area contributed by atoms with E-state index in [0.717, 1.165) is 12.8 Å². The summed E-state index contributed by atoms with van der Waals surface area (Å²) in [5, 5.41) is 9.08. The van der Waals surface area contributed by atoms with Crippen molar-refractivity contribution in [3.63, 3.8) is 0 Å². The first-order valence-electron chi connectivity index (χ1n) is 6.82. The van der Waals surface area contributed by atoms with Crippen molar-refractivity contribution < 1.29 is 18.3 Å². The molecule has 0 bridgehead atoms. The molecule has 0 aromatic carbocycles. The van der Waals surface area contributed by atoms with Crippen LogP contribution in [0.25, 0.3) is 0 Å². The van der Waals surface area contributed by atoms with E-state index in [1.165, 1.54) is 8.61 Å². The molecule has 1 fully saturated rings. The summed E-state index contributed by atoms with van der Waals surface area (Å²) < 4.78 is 27.8. The van der Waals surface area contributed by atoms with Crippen LogP contribution >= 0.6 is 0 Å². The van der Waals surface area contributed by atoms with Gasteiger partial charge in [0.25, 0.3) is 10.2 Å². The minimum atomic E-state index is -3.52. The van der Waals surface area contributed by atoms with Crippen LogP contribution in [0.15, 0.2) is 0 Å². The van der Waals surface area contributed by atoms with E-state index in [9.17, 15) is 13.2 Å². The fraction of sp³-hybridized carbons (Fsp3) is 0.917. The fourth-order valence-corrected chi connectivity index (χ4v) is 4.36. The molecule has 2 unspecified atom stereocenters. The van der Waals surface area contributed by atoms with Crippen molar-refractivity contribution in [2.24, 2.45) is 11.8 Å². The van der Waals surface area contributed by atoms with Crippen LogP contribution in [0.1, 0.15) is 33.6 Å². The zero-order valence-corrected chi connectivity index (χ0v) is 12.7. The molecular weight excluding hydrogens is 268 g/mol. The van der Waals surface area contributed by atoms with Crippen molar-refractivity contribution in [2.75, 3.05) is 26.2 Å². The molecule has 2 atom stereocenters. The van der Waals surface area contributed by atoms with Gasteiger partial charge in [-0.15, -0.1) is 0 Å². The van der Waals surface area contributed by atoms with Gasteiger partial charge in [0.1, 0.15) is 0 Å². The average Bonchev–Trinajstić information content (AvgIpc) is 2.72. The molecule has 0 saturated carbocycles. The van der Waals surface area contributed by atoms with Crippen LogP contribution in [0, 0.1) is 11.8 Å². The van der Waals surface area contributed by atoms with E-state index in [2.05, 4.69) is 0 Å². The lowest BCUT2D eigenvalue weighted by atomic mass is 9.99. The predicted octanol–water partition coefficient (Wildman–Crippen LogP) is 1.01. The van der Waals surface area contributed by atoms with Crippen molar-refractivity contribution in [3.8, 4) is 0 Å². The van der Waals surface area contributed by atoms with Crippen LogP contribution in [0.4, 0.5) is 0 Å². The van der Waals surface area contributed by atoms with Gasteiger partial charge in [-0.3, -0.25) is 4.79 Å². The Hall–Kier alpha value is -0.660. The first-order chi connectivity index (χ1) is 8.84. The first-order valence-corrected chi connectivity index (χ1v) is 8.22. The molecule has 1 aliphatic heterocycles. The van der Waals surface area contributed by atoms with E-state index in [1.54, 1.807) is 6.92 Å². The normalized spacial score (nSPS) is 25.1. The van der Waals surface area contributed by atoms with Gasteiger partial charge in [-0.05, 0) is 18.8 Å². The Bertz CT molecular complexity index is 404. The van der Waals surface area contributed by atoms with Crippen LogP contribution in [-0.4, -0.2) is 54.3 Å². The molecule has 0 spiro atoms. The van der Waals surface area contributed by atoms with Crippen molar-refractivity contribution in [2.45, 2.75) is 33.6 Å². The quantitative estimate of drug-likeness (QED) is 0.759. The number of carbonyl (C=O) groups is 1. The highest BCUT2D eigenvalue weighted by atomic mass is 32.2. The zero-order valence-electron chi connectivity index (χ0n) is 11.9. The number of aliphatic carboxylic acids is 1. The van der Waals surface area contributed by atoms with Crippen molar-refractivity contribution in [1.82, 2.24) is 8.61 Å². The minimum Gasteiger partial charge on any atom is -0.481 e. The number of nitrogens with zero attached hydrogens (tertiary/aromatic N) is 2. The molecule has 7 heteroatoms. The summed E-state index contributed by atoms with van der Waals surface area (Å²) in [6.45, 7) is 7.01. The average molecular weight is 292 g/mol. The molecule has 1 rings (SSSR count). The standard InChI is InChI=1S/C12H24N2O4S/c1-4-6-13(7-5-2)19(17,18)14-8-10(3)11(9-14)12(15)16/h10-11H,4-9H2,1-3H3,(H,15,16). The Morgan fingerprint density at radius 1 is 1.26 bits per heavy atom. The minimum absolute atomic E-state index is 0.0861. The summed E-state index contributed by atoms with van der Waals surface area (Å²) in [6.07, 6.45) is 1.51. The number of carboxylic acids is 1. The summed E-state index contributed by atoms with van der Waals surface area (Å²) in [5.74, 6) is -1.65. The van der Waals surface area contributed by atoms with Crippen molar-refractivity contribution in [1.29, 1.82) is 0 Å². The molecular formula is C12H24N2O4S. The van der Waals surface area contributed by atoms with Gasteiger partial charge in [0.15, 0.2) is 0 Å². The highest BCUT2D eigenvalue weighted by molar-refractivity contribution is 7.86. The Labute approximate surface area is 115 Å². The first kappa shape index (κ1) is 16.4. The highest BCUT2D eigenvalue weighted by Gasteiger charge is 2.41. The second kappa shape index (κ2) is 6.67. The number of hydrogen-bond acceptors (Lipinski definition) is 3. The third-order valence-electron chi connectivity index (χ3n) is 3.49. The summed E-state index contributed by atoms with van der Waals surface area (Å²) >= 11 is 0. The highest BCUT2D eigenvalue weighted by Crippen LogP contribution is 2.27. The van der Waals surface area contributed by atoms with E-state index < -0.39 is 22.1 Å². The van der Waals surface area contributed by atoms with Gasteiger partial charge >= 0.3 is 5.97 Å². The lowest BCUT2D eigenvalue weighted by Crippen LogP contribution is -2.43. The van der Waals surface area contributed by atoms with Crippen LogP contribution in [0.3, 0.4) is 0 Å². The predicted molar refractivity (Wildman–Crippen MR) is 72.9 cm³/mol. The zero-order chi connectivity index (χ0) is 14.6. The van der Waals surface area contributed by atoms with Crippen LogP contribution < -0.4 is 0 Å². The maximum absolute atomic E-state index is 12.5. The summed E-state index contributed by atoms with van der Waals surface area (Å²) in [7, 11) is -3.52. The molecule has 1 N–H and O–H groups in total. The number of hydrogen-bond donors (Lipinski definition) is 1. The summed E-state index contributed by atoms with van der Waals surface area (Å²) in [5.41, 5.74) is 0. The Balaban J connectivity index is 2.85. The smallest absolute Gasteiger partial charge is 0.308 e. The third kappa shape index (κ3) is 3.67. The third-order valence-corrected chi connectivity index (χ3v) is 5.46.